The predicted molar refractivity (Wildman–Crippen MR) is 51.0 cm³/mol. The van der Waals surface area contributed by atoms with Crippen molar-refractivity contribution in [3.8, 4) is 0 Å². The van der Waals surface area contributed by atoms with Gasteiger partial charge in [0.2, 0.25) is 0 Å². The van der Waals surface area contributed by atoms with Crippen molar-refractivity contribution in [1.29, 1.82) is 0 Å². The van der Waals surface area contributed by atoms with Crippen molar-refractivity contribution in [3.63, 3.8) is 0 Å². The van der Waals surface area contributed by atoms with Crippen molar-refractivity contribution in [3.05, 3.63) is 18.0 Å². The third-order valence-corrected chi connectivity index (χ3v) is 1.48. The Morgan fingerprint density at radius 1 is 1.46 bits per heavy atom. The van der Waals surface area contributed by atoms with E-state index < -0.39 is 5.97 Å². The van der Waals surface area contributed by atoms with Crippen molar-refractivity contribution in [1.82, 2.24) is 4.98 Å². The molecule has 0 fully saturated rings. The van der Waals surface area contributed by atoms with Gasteiger partial charge in [-0.2, -0.15) is 0 Å². The zero-order chi connectivity index (χ0) is 9.84. The summed E-state index contributed by atoms with van der Waals surface area (Å²) in [7, 11) is 11.0. The maximum absolute atomic E-state index is 11.3. The van der Waals surface area contributed by atoms with E-state index in [1.54, 1.807) is 6.92 Å². The zero-order valence-electron chi connectivity index (χ0n) is 7.28. The summed E-state index contributed by atoms with van der Waals surface area (Å²) in [5, 5.41) is 0. The summed E-state index contributed by atoms with van der Waals surface area (Å²) in [6.45, 7) is 2.01. The minimum absolute atomic E-state index is 0.192. The molecule has 0 saturated carbocycles. The first-order valence-electron chi connectivity index (χ1n) is 3.83. The molecular weight excluding hydrogens is 164 g/mol. The van der Waals surface area contributed by atoms with E-state index in [9.17, 15) is 4.79 Å². The Bertz CT molecular complexity index is 308. The molecule has 0 aliphatic rings. The van der Waals surface area contributed by atoms with E-state index in [1.165, 1.54) is 12.4 Å². The number of hydrogen-bond donors (Lipinski definition) is 0. The second kappa shape index (κ2) is 4.12. The van der Waals surface area contributed by atoms with Gasteiger partial charge in [-0.25, -0.2) is 4.79 Å². The summed E-state index contributed by atoms with van der Waals surface area (Å²) in [5.74, 6) is -0.514. The standard InChI is InChI=1S/C8H7B2NO2/c1-2-13-8(12)7-5(9)3-11-4-6(7)10/h3-4H,2H2,1H3. The molecule has 0 saturated heterocycles. The Balaban J connectivity index is 3.05. The highest BCUT2D eigenvalue weighted by Gasteiger charge is 2.11. The lowest BCUT2D eigenvalue weighted by molar-refractivity contribution is 0.0529. The van der Waals surface area contributed by atoms with E-state index in [0.717, 1.165) is 0 Å². The second-order valence-corrected chi connectivity index (χ2v) is 2.41. The molecule has 0 aromatic carbocycles. The van der Waals surface area contributed by atoms with Crippen molar-refractivity contribution in [2.75, 3.05) is 6.61 Å². The van der Waals surface area contributed by atoms with Gasteiger partial charge in [0.15, 0.2) is 0 Å². The topological polar surface area (TPSA) is 39.2 Å². The molecule has 0 spiro atoms. The van der Waals surface area contributed by atoms with Crippen LogP contribution in [-0.4, -0.2) is 33.3 Å². The Morgan fingerprint density at radius 2 is 2.00 bits per heavy atom. The van der Waals surface area contributed by atoms with E-state index in [4.69, 9.17) is 20.4 Å². The first kappa shape index (κ1) is 9.83. The van der Waals surface area contributed by atoms with Gasteiger partial charge in [0.1, 0.15) is 15.7 Å². The number of nitrogens with zero attached hydrogens (tertiary/aromatic N) is 1. The van der Waals surface area contributed by atoms with E-state index in [-0.39, 0.29) is 16.5 Å². The summed E-state index contributed by atoms with van der Waals surface area (Å²) in [6, 6.07) is 0. The molecule has 0 atom stereocenters. The van der Waals surface area contributed by atoms with E-state index in [0.29, 0.717) is 6.61 Å². The van der Waals surface area contributed by atoms with Crippen LogP contribution >= 0.6 is 0 Å². The minimum atomic E-state index is -0.514. The molecule has 13 heavy (non-hydrogen) atoms. The molecule has 4 radical (unpaired) electrons. The van der Waals surface area contributed by atoms with Gasteiger partial charge >= 0.3 is 5.97 Å². The largest absolute Gasteiger partial charge is 0.462 e. The fourth-order valence-electron chi connectivity index (χ4n) is 0.933. The van der Waals surface area contributed by atoms with Crippen molar-refractivity contribution in [2.24, 2.45) is 0 Å². The Kier molecular flexibility index (Phi) is 3.12. The van der Waals surface area contributed by atoms with Crippen LogP contribution in [0.15, 0.2) is 12.4 Å². The third-order valence-electron chi connectivity index (χ3n) is 1.48. The zero-order valence-corrected chi connectivity index (χ0v) is 7.28. The summed E-state index contributed by atoms with van der Waals surface area (Å²) in [4.78, 5) is 15.0. The van der Waals surface area contributed by atoms with Crippen LogP contribution in [0.5, 0.6) is 0 Å². The number of ether oxygens (including phenoxy) is 1. The Hall–Kier alpha value is -1.25. The molecule has 0 bridgehead atoms. The first-order valence-corrected chi connectivity index (χ1v) is 3.83. The molecule has 5 heteroatoms. The predicted octanol–water partition coefficient (Wildman–Crippen LogP) is -1.15. The number of hydrogen-bond acceptors (Lipinski definition) is 3. The molecule has 0 aliphatic carbocycles. The lowest BCUT2D eigenvalue weighted by atomic mass is 9.83. The van der Waals surface area contributed by atoms with Crippen molar-refractivity contribution in [2.45, 2.75) is 6.92 Å². The monoisotopic (exact) mass is 171 g/mol. The van der Waals surface area contributed by atoms with Crippen LogP contribution < -0.4 is 10.9 Å². The fraction of sp³-hybridized carbons (Fsp3) is 0.250. The highest BCUT2D eigenvalue weighted by Crippen LogP contribution is 1.92. The normalized spacial score (nSPS) is 9.62. The molecule has 0 unspecified atom stereocenters. The van der Waals surface area contributed by atoms with Gasteiger partial charge in [-0.1, -0.05) is 10.9 Å². The second-order valence-electron chi connectivity index (χ2n) is 2.41. The minimum Gasteiger partial charge on any atom is -0.462 e. The smallest absolute Gasteiger partial charge is 0.337 e. The highest BCUT2D eigenvalue weighted by atomic mass is 16.5. The average molecular weight is 171 g/mol. The number of rotatable bonds is 2. The molecule has 1 aromatic heterocycles. The van der Waals surface area contributed by atoms with E-state index >= 15 is 0 Å². The molecule has 0 amide bonds. The van der Waals surface area contributed by atoms with Crippen LogP contribution in [0.4, 0.5) is 0 Å². The highest BCUT2D eigenvalue weighted by molar-refractivity contribution is 6.43. The number of carbonyl (C=O) groups is 1. The van der Waals surface area contributed by atoms with Crippen LogP contribution in [0.3, 0.4) is 0 Å². The summed E-state index contributed by atoms with van der Waals surface area (Å²) in [5.41, 5.74) is 0.661. The Morgan fingerprint density at radius 3 is 2.46 bits per heavy atom. The van der Waals surface area contributed by atoms with Gasteiger partial charge in [-0.3, -0.25) is 4.98 Å². The van der Waals surface area contributed by atoms with E-state index in [1.807, 2.05) is 0 Å². The van der Waals surface area contributed by atoms with Crippen molar-refractivity contribution < 1.29 is 9.53 Å². The SMILES string of the molecule is [B]c1cncc([B])c1C(=O)OCC. The molecule has 1 aromatic rings. The number of pyridine rings is 1. The molecule has 3 nitrogen and oxygen atoms in total. The average Bonchev–Trinajstić information content (AvgIpc) is 2.04. The van der Waals surface area contributed by atoms with Gasteiger partial charge < -0.3 is 4.74 Å². The first-order chi connectivity index (χ1) is 6.16. The van der Waals surface area contributed by atoms with Gasteiger partial charge in [0, 0.05) is 18.0 Å². The summed E-state index contributed by atoms with van der Waals surface area (Å²) < 4.78 is 4.76. The molecule has 0 aliphatic heterocycles. The molecule has 1 rings (SSSR count). The molecule has 1 heterocycles. The van der Waals surface area contributed by atoms with Crippen LogP contribution in [0.2, 0.25) is 0 Å². The lowest BCUT2D eigenvalue weighted by Crippen LogP contribution is -2.29. The summed E-state index contributed by atoms with van der Waals surface area (Å²) >= 11 is 0. The molecule has 62 valence electrons. The van der Waals surface area contributed by atoms with Crippen LogP contribution in [0.1, 0.15) is 17.3 Å². The van der Waals surface area contributed by atoms with Gasteiger partial charge in [-0.15, -0.1) is 0 Å². The molecule has 0 N–H and O–H groups in total. The van der Waals surface area contributed by atoms with Gasteiger partial charge in [0.05, 0.1) is 6.61 Å². The van der Waals surface area contributed by atoms with Crippen molar-refractivity contribution >= 4 is 32.6 Å². The van der Waals surface area contributed by atoms with Crippen LogP contribution in [0, 0.1) is 0 Å². The maximum atomic E-state index is 11.3. The summed E-state index contributed by atoms with van der Waals surface area (Å²) in [6.07, 6.45) is 2.73. The fourth-order valence-corrected chi connectivity index (χ4v) is 0.933. The van der Waals surface area contributed by atoms with Gasteiger partial charge in [-0.05, 0) is 6.92 Å². The number of esters is 1. The van der Waals surface area contributed by atoms with Crippen LogP contribution in [-0.2, 0) is 4.74 Å². The quantitative estimate of drug-likeness (QED) is 0.416. The third kappa shape index (κ3) is 2.11. The number of carbonyl (C=O) groups excluding carboxylic acids is 1. The van der Waals surface area contributed by atoms with E-state index in [2.05, 4.69) is 4.98 Å². The number of aromatic nitrogens is 1. The molecular formula is C8H7B2NO2. The van der Waals surface area contributed by atoms with Crippen LogP contribution in [0.25, 0.3) is 0 Å². The Labute approximate surface area is 79.3 Å². The van der Waals surface area contributed by atoms with Gasteiger partial charge in [0.25, 0.3) is 0 Å². The maximum Gasteiger partial charge on any atom is 0.337 e. The lowest BCUT2D eigenvalue weighted by Gasteiger charge is -2.07.